The number of piperidine rings is 2. The number of ether oxygens (including phenoxy) is 1. The number of hydrogen-bond donors (Lipinski definition) is 1. The normalized spacial score (nSPS) is 29.3. The summed E-state index contributed by atoms with van der Waals surface area (Å²) in [4.78, 5) is 23.1. The molecule has 4 fully saturated rings. The van der Waals surface area contributed by atoms with Crippen LogP contribution in [0.1, 0.15) is 70.4 Å². The van der Waals surface area contributed by atoms with Crippen molar-refractivity contribution in [3.63, 3.8) is 0 Å². The van der Waals surface area contributed by atoms with Crippen LogP contribution in [0, 0.1) is 5.92 Å². The smallest absolute Gasteiger partial charge is 0.258 e. The van der Waals surface area contributed by atoms with Crippen LogP contribution >= 0.6 is 0 Å². The Hall–Kier alpha value is -2.09. The van der Waals surface area contributed by atoms with Crippen molar-refractivity contribution in [3.05, 3.63) is 47.5 Å². The Bertz CT molecular complexity index is 962. The van der Waals surface area contributed by atoms with Crippen molar-refractivity contribution in [2.75, 3.05) is 39.8 Å². The third-order valence-electron chi connectivity index (χ3n) is 8.79. The fraction of sp³-hybridized carbons (Fsp3) is 0.667. The van der Waals surface area contributed by atoms with Crippen molar-refractivity contribution in [1.82, 2.24) is 15.1 Å². The van der Waals surface area contributed by atoms with E-state index in [1.807, 2.05) is 19.1 Å². The average molecular weight is 513 g/mol. The monoisotopic (exact) mass is 512 g/mol. The number of allylic oxidation sites excluding steroid dienone is 2. The van der Waals surface area contributed by atoms with Gasteiger partial charge in [-0.05, 0) is 75.7 Å². The van der Waals surface area contributed by atoms with E-state index in [0.717, 1.165) is 62.2 Å². The first-order chi connectivity index (χ1) is 17.8. The number of aliphatic imine (C=N–C) groups is 1. The molecule has 0 aromatic heterocycles. The molecule has 1 amide bonds. The number of carbonyl (C=O) groups is 1. The molecule has 1 aromatic rings. The summed E-state index contributed by atoms with van der Waals surface area (Å²) in [6.45, 7) is 11.0. The molecule has 1 aromatic carbocycles. The Labute approximate surface area is 222 Å². The van der Waals surface area contributed by atoms with E-state index in [1.165, 1.54) is 0 Å². The highest BCUT2D eigenvalue weighted by Gasteiger charge is 2.47. The van der Waals surface area contributed by atoms with E-state index >= 15 is 4.39 Å². The van der Waals surface area contributed by atoms with Crippen LogP contribution in [0.15, 0.2) is 41.4 Å². The number of hydrogen-bond acceptors (Lipinski definition) is 5. The molecule has 2 unspecified atom stereocenters. The van der Waals surface area contributed by atoms with E-state index in [0.29, 0.717) is 25.6 Å². The summed E-state index contributed by atoms with van der Waals surface area (Å²) < 4.78 is 21.2. The summed E-state index contributed by atoms with van der Waals surface area (Å²) in [7, 11) is 1.69. The highest BCUT2D eigenvalue weighted by Crippen LogP contribution is 2.37. The van der Waals surface area contributed by atoms with E-state index in [1.54, 1.807) is 7.11 Å². The Balaban J connectivity index is 1.41. The van der Waals surface area contributed by atoms with E-state index in [4.69, 9.17) is 9.73 Å². The molecule has 4 aliphatic rings. The minimum Gasteiger partial charge on any atom is -0.380 e. The molecular formula is C30H45FN4O2. The van der Waals surface area contributed by atoms with Crippen LogP contribution in [0.3, 0.4) is 0 Å². The molecule has 0 aliphatic carbocycles. The number of benzene rings is 1. The number of nitrogens with zero attached hydrogens (tertiary/aromatic N) is 3. The fourth-order valence-electron chi connectivity index (χ4n) is 6.23. The molecule has 37 heavy (non-hydrogen) atoms. The van der Waals surface area contributed by atoms with Crippen molar-refractivity contribution in [3.8, 4) is 0 Å². The van der Waals surface area contributed by atoms with Gasteiger partial charge in [-0.15, -0.1) is 0 Å². The maximum absolute atomic E-state index is 16.0. The zero-order chi connectivity index (χ0) is 26.5. The molecule has 4 saturated heterocycles. The van der Waals surface area contributed by atoms with Crippen LogP contribution in [-0.4, -0.2) is 78.6 Å². The molecule has 0 saturated carbocycles. The molecule has 204 valence electrons. The van der Waals surface area contributed by atoms with E-state index < -0.39 is 11.6 Å². The SMILES string of the molecule is C/C=C\C(=N/C(CC)N1CCC(F)(C(=O)NC2(C)CCN3CCC2CC3)CC1)c1ccc(COC)cc1. The zero-order valence-electron chi connectivity index (χ0n) is 23.1. The Morgan fingerprint density at radius 1 is 1.16 bits per heavy atom. The summed E-state index contributed by atoms with van der Waals surface area (Å²) in [5.74, 6) is 0.0311. The van der Waals surface area contributed by atoms with Crippen LogP contribution < -0.4 is 5.32 Å². The van der Waals surface area contributed by atoms with Crippen LogP contribution in [0.25, 0.3) is 0 Å². The lowest BCUT2D eigenvalue weighted by Gasteiger charge is -2.42. The first-order valence-electron chi connectivity index (χ1n) is 14.1. The van der Waals surface area contributed by atoms with E-state index in [9.17, 15) is 4.79 Å². The molecule has 4 aliphatic heterocycles. The first-order valence-corrected chi connectivity index (χ1v) is 14.1. The van der Waals surface area contributed by atoms with Crippen molar-refractivity contribution < 1.29 is 13.9 Å². The van der Waals surface area contributed by atoms with Gasteiger partial charge in [-0.25, -0.2) is 4.39 Å². The summed E-state index contributed by atoms with van der Waals surface area (Å²) in [6.07, 6.45) is 8.30. The number of likely N-dealkylation sites (tertiary alicyclic amines) is 1. The molecule has 6 nitrogen and oxygen atoms in total. The van der Waals surface area contributed by atoms with Gasteiger partial charge in [0.15, 0.2) is 5.67 Å². The largest absolute Gasteiger partial charge is 0.380 e. The molecule has 2 bridgehead atoms. The van der Waals surface area contributed by atoms with Gasteiger partial charge in [0.05, 0.1) is 12.3 Å². The number of halogens is 1. The Kier molecular flexibility index (Phi) is 9.20. The quantitative estimate of drug-likeness (QED) is 0.486. The van der Waals surface area contributed by atoms with Crippen LogP contribution in [-0.2, 0) is 16.1 Å². The topological polar surface area (TPSA) is 57.2 Å². The Morgan fingerprint density at radius 3 is 2.43 bits per heavy atom. The second-order valence-corrected chi connectivity index (χ2v) is 11.3. The lowest BCUT2D eigenvalue weighted by molar-refractivity contribution is -0.139. The van der Waals surface area contributed by atoms with Crippen molar-refractivity contribution in [2.24, 2.45) is 10.9 Å². The van der Waals surface area contributed by atoms with Gasteiger partial charge in [-0.2, -0.15) is 0 Å². The molecule has 1 N–H and O–H groups in total. The van der Waals surface area contributed by atoms with Gasteiger partial charge in [0.25, 0.3) is 5.91 Å². The molecule has 4 heterocycles. The summed E-state index contributed by atoms with van der Waals surface area (Å²) in [6, 6.07) is 8.27. The first kappa shape index (κ1) is 27.9. The van der Waals surface area contributed by atoms with Crippen LogP contribution in [0.2, 0.25) is 0 Å². The van der Waals surface area contributed by atoms with Crippen molar-refractivity contribution in [1.29, 1.82) is 0 Å². The van der Waals surface area contributed by atoms with Gasteiger partial charge in [0.1, 0.15) is 6.17 Å². The number of alkyl halides is 1. The Morgan fingerprint density at radius 2 is 1.84 bits per heavy atom. The van der Waals surface area contributed by atoms with E-state index in [-0.39, 0.29) is 24.5 Å². The molecule has 5 rings (SSSR count). The summed E-state index contributed by atoms with van der Waals surface area (Å²) in [5.41, 5.74) is 0.967. The molecular weight excluding hydrogens is 467 g/mol. The number of carbonyl (C=O) groups excluding carboxylic acids is 1. The third-order valence-corrected chi connectivity index (χ3v) is 8.79. The van der Waals surface area contributed by atoms with Crippen molar-refractivity contribution >= 4 is 11.6 Å². The minimum absolute atomic E-state index is 0.0543. The lowest BCUT2D eigenvalue weighted by atomic mass is 9.78. The van der Waals surface area contributed by atoms with Crippen LogP contribution in [0.4, 0.5) is 4.39 Å². The molecule has 0 spiro atoms. The van der Waals surface area contributed by atoms with Gasteiger partial charge in [0.2, 0.25) is 0 Å². The number of methoxy groups -OCH3 is 1. The maximum Gasteiger partial charge on any atom is 0.258 e. The highest BCUT2D eigenvalue weighted by atomic mass is 19.1. The van der Waals surface area contributed by atoms with Gasteiger partial charge in [0, 0.05) is 45.1 Å². The predicted octanol–water partition coefficient (Wildman–Crippen LogP) is 4.73. The molecule has 7 heteroatoms. The molecule has 0 radical (unpaired) electrons. The second-order valence-electron chi connectivity index (χ2n) is 11.3. The van der Waals surface area contributed by atoms with Gasteiger partial charge in [-0.1, -0.05) is 37.3 Å². The van der Waals surface area contributed by atoms with E-state index in [2.05, 4.69) is 53.2 Å². The maximum atomic E-state index is 16.0. The third kappa shape index (κ3) is 6.50. The molecule has 2 atom stereocenters. The summed E-state index contributed by atoms with van der Waals surface area (Å²) >= 11 is 0. The number of amides is 1. The predicted molar refractivity (Wildman–Crippen MR) is 148 cm³/mol. The average Bonchev–Trinajstić information content (AvgIpc) is 3.16. The fourth-order valence-corrected chi connectivity index (χ4v) is 6.23. The van der Waals surface area contributed by atoms with Gasteiger partial charge in [-0.3, -0.25) is 14.7 Å². The number of fused-ring (bicyclic) bond motifs is 4. The summed E-state index contributed by atoms with van der Waals surface area (Å²) in [5, 5.41) is 3.21. The van der Waals surface area contributed by atoms with Crippen molar-refractivity contribution in [2.45, 2.75) is 83.3 Å². The second kappa shape index (κ2) is 12.2. The van der Waals surface area contributed by atoms with Gasteiger partial charge < -0.3 is 15.0 Å². The number of rotatable bonds is 9. The number of nitrogens with one attached hydrogen (secondary N) is 1. The lowest BCUT2D eigenvalue weighted by Crippen LogP contribution is -2.59. The standard InChI is InChI=1S/C30H45FN4O2/c1-5-7-26(24-10-8-23(9-11-24)22-37-4)32-27(6-2)35-20-15-30(31,16-21-35)28(36)33-29(3)14-19-34-17-12-25(29)13-18-34/h5,7-11,25,27H,6,12-22H2,1-4H3,(H,33,36)/b7-5-,32-26+. The van der Waals surface area contributed by atoms with Crippen LogP contribution in [0.5, 0.6) is 0 Å². The highest BCUT2D eigenvalue weighted by molar-refractivity contribution is 6.08. The van der Waals surface area contributed by atoms with Gasteiger partial charge >= 0.3 is 0 Å². The zero-order valence-corrected chi connectivity index (χ0v) is 23.1. The minimum atomic E-state index is -1.81.